The van der Waals surface area contributed by atoms with E-state index in [9.17, 15) is 4.21 Å². The van der Waals surface area contributed by atoms with Crippen LogP contribution in [0, 0.1) is 0 Å². The molecule has 0 aliphatic carbocycles. The third kappa shape index (κ3) is 5.45. The molecule has 0 rings (SSSR count). The van der Waals surface area contributed by atoms with Gasteiger partial charge in [0.2, 0.25) is 0 Å². The summed E-state index contributed by atoms with van der Waals surface area (Å²) in [6.07, 6.45) is 0. The van der Waals surface area contributed by atoms with Crippen molar-refractivity contribution in [2.45, 2.75) is 0 Å². The minimum Gasteiger partial charge on any atom is -0.385 e. The Kier molecular flexibility index (Phi) is 2.39. The Morgan fingerprint density at radius 1 is 1.71 bits per heavy atom. The SMILES string of the molecule is NC(N)=CS(=O)O. The molecule has 5 N–H and O–H groups in total. The van der Waals surface area contributed by atoms with Gasteiger partial charge >= 0.3 is 0 Å². The lowest BCUT2D eigenvalue weighted by molar-refractivity contribution is 0.574. The summed E-state index contributed by atoms with van der Waals surface area (Å²) >= 11 is -2.01. The van der Waals surface area contributed by atoms with Gasteiger partial charge in [0.1, 0.15) is 5.82 Å². The smallest absolute Gasteiger partial charge is 0.182 e. The van der Waals surface area contributed by atoms with E-state index < -0.39 is 11.1 Å². The van der Waals surface area contributed by atoms with Crippen LogP contribution in [0.3, 0.4) is 0 Å². The first kappa shape index (κ1) is 6.45. The van der Waals surface area contributed by atoms with Crippen molar-refractivity contribution in [2.24, 2.45) is 11.5 Å². The standard InChI is InChI=1S/C2H6N2O2S/c3-2(4)1-7(5)6/h1H,3-4H2,(H,5,6). The van der Waals surface area contributed by atoms with Gasteiger partial charge in [-0.2, -0.15) is 0 Å². The predicted molar refractivity (Wildman–Crippen MR) is 27.2 cm³/mol. The van der Waals surface area contributed by atoms with Crippen molar-refractivity contribution < 1.29 is 8.76 Å². The van der Waals surface area contributed by atoms with Crippen molar-refractivity contribution in [1.29, 1.82) is 0 Å². The lowest BCUT2D eigenvalue weighted by atomic mass is 10.9. The monoisotopic (exact) mass is 122 g/mol. The molecule has 0 saturated carbocycles. The molecule has 0 aliphatic heterocycles. The zero-order valence-corrected chi connectivity index (χ0v) is 4.31. The van der Waals surface area contributed by atoms with E-state index in [1.807, 2.05) is 0 Å². The average molecular weight is 122 g/mol. The number of rotatable bonds is 1. The van der Waals surface area contributed by atoms with Gasteiger partial charge in [0.25, 0.3) is 0 Å². The molecule has 5 heteroatoms. The third-order valence-electron chi connectivity index (χ3n) is 0.237. The molecule has 1 unspecified atom stereocenters. The van der Waals surface area contributed by atoms with Gasteiger partial charge < -0.3 is 16.0 Å². The number of nitrogens with two attached hydrogens (primary N) is 2. The van der Waals surface area contributed by atoms with Crippen molar-refractivity contribution in [3.05, 3.63) is 11.2 Å². The van der Waals surface area contributed by atoms with Crippen LogP contribution in [0.4, 0.5) is 0 Å². The van der Waals surface area contributed by atoms with Crippen LogP contribution in [0.1, 0.15) is 0 Å². The highest BCUT2D eigenvalue weighted by atomic mass is 32.2. The molecular weight excluding hydrogens is 116 g/mol. The summed E-state index contributed by atoms with van der Waals surface area (Å²) in [6.45, 7) is 0. The fraction of sp³-hybridized carbons (Fsp3) is 0. The fourth-order valence-corrected chi connectivity index (χ4v) is 0.349. The Morgan fingerprint density at radius 2 is 2.14 bits per heavy atom. The second-order valence-electron chi connectivity index (χ2n) is 0.894. The zero-order chi connectivity index (χ0) is 5.86. The molecule has 0 aromatic heterocycles. The Labute approximate surface area is 43.5 Å². The maximum Gasteiger partial charge on any atom is 0.182 e. The minimum atomic E-state index is -2.01. The van der Waals surface area contributed by atoms with Crippen molar-refractivity contribution in [3.8, 4) is 0 Å². The molecule has 1 atom stereocenters. The predicted octanol–water partition coefficient (Wildman–Crippen LogP) is -1.08. The summed E-state index contributed by atoms with van der Waals surface area (Å²) in [5.41, 5.74) is 9.56. The van der Waals surface area contributed by atoms with Crippen LogP contribution in [-0.4, -0.2) is 8.76 Å². The van der Waals surface area contributed by atoms with E-state index in [-0.39, 0.29) is 5.82 Å². The molecule has 0 amide bonds. The maximum atomic E-state index is 9.68. The first-order valence-electron chi connectivity index (χ1n) is 1.45. The summed E-state index contributed by atoms with van der Waals surface area (Å²) < 4.78 is 17.6. The zero-order valence-electron chi connectivity index (χ0n) is 3.50. The maximum absolute atomic E-state index is 9.68. The largest absolute Gasteiger partial charge is 0.385 e. The lowest BCUT2D eigenvalue weighted by Crippen LogP contribution is -2.08. The van der Waals surface area contributed by atoms with Gasteiger partial charge in [0.15, 0.2) is 11.1 Å². The summed E-state index contributed by atoms with van der Waals surface area (Å²) in [5, 5.41) is 0.833. The lowest BCUT2D eigenvalue weighted by Gasteiger charge is -1.82. The van der Waals surface area contributed by atoms with E-state index in [0.29, 0.717) is 0 Å². The van der Waals surface area contributed by atoms with Crippen LogP contribution in [0.15, 0.2) is 11.2 Å². The molecule has 0 fully saturated rings. The van der Waals surface area contributed by atoms with E-state index in [4.69, 9.17) is 16.0 Å². The molecule has 0 bridgehead atoms. The average Bonchev–Trinajstić information content (AvgIpc) is 1.27. The van der Waals surface area contributed by atoms with E-state index in [0.717, 1.165) is 5.41 Å². The summed E-state index contributed by atoms with van der Waals surface area (Å²) in [4.78, 5) is 0. The van der Waals surface area contributed by atoms with Gasteiger partial charge in [-0.3, -0.25) is 0 Å². The summed E-state index contributed by atoms with van der Waals surface area (Å²) in [6, 6.07) is 0. The molecule has 0 spiro atoms. The van der Waals surface area contributed by atoms with Crippen molar-refractivity contribution >= 4 is 11.1 Å². The van der Waals surface area contributed by atoms with Crippen molar-refractivity contribution in [3.63, 3.8) is 0 Å². The number of hydrogen-bond acceptors (Lipinski definition) is 3. The molecule has 7 heavy (non-hydrogen) atoms. The molecule has 0 heterocycles. The normalized spacial score (nSPS) is 12.7. The molecule has 0 radical (unpaired) electrons. The Hall–Kier alpha value is -0.550. The van der Waals surface area contributed by atoms with Crippen LogP contribution >= 0.6 is 0 Å². The van der Waals surface area contributed by atoms with E-state index in [1.165, 1.54) is 0 Å². The highest BCUT2D eigenvalue weighted by molar-refractivity contribution is 7.82. The Bertz CT molecular complexity index is 106. The molecule has 42 valence electrons. The fourth-order valence-electron chi connectivity index (χ4n) is 0.116. The van der Waals surface area contributed by atoms with Gasteiger partial charge in [-0.25, -0.2) is 4.21 Å². The summed E-state index contributed by atoms with van der Waals surface area (Å²) in [7, 11) is 0. The first-order valence-corrected chi connectivity index (χ1v) is 2.62. The quantitative estimate of drug-likeness (QED) is 0.386. The molecular formula is C2H6N2O2S. The molecule has 4 nitrogen and oxygen atoms in total. The molecule has 0 aliphatic rings. The van der Waals surface area contributed by atoms with Gasteiger partial charge in [-0.1, -0.05) is 0 Å². The van der Waals surface area contributed by atoms with E-state index >= 15 is 0 Å². The van der Waals surface area contributed by atoms with Gasteiger partial charge in [-0.05, 0) is 0 Å². The highest BCUT2D eigenvalue weighted by Crippen LogP contribution is 1.74. The summed E-state index contributed by atoms with van der Waals surface area (Å²) in [5.74, 6) is -0.138. The van der Waals surface area contributed by atoms with Gasteiger partial charge in [0, 0.05) is 0 Å². The minimum absolute atomic E-state index is 0.138. The molecule has 0 aromatic carbocycles. The van der Waals surface area contributed by atoms with Crippen molar-refractivity contribution in [2.75, 3.05) is 0 Å². The van der Waals surface area contributed by atoms with Gasteiger partial charge in [0.05, 0.1) is 5.41 Å². The van der Waals surface area contributed by atoms with E-state index in [2.05, 4.69) is 0 Å². The molecule has 0 saturated heterocycles. The van der Waals surface area contributed by atoms with Crippen LogP contribution in [0.5, 0.6) is 0 Å². The second-order valence-corrected chi connectivity index (χ2v) is 1.68. The second kappa shape index (κ2) is 2.59. The van der Waals surface area contributed by atoms with E-state index in [1.54, 1.807) is 0 Å². The Morgan fingerprint density at radius 3 is 2.14 bits per heavy atom. The molecule has 0 aromatic rings. The number of hydrogen-bond donors (Lipinski definition) is 3. The van der Waals surface area contributed by atoms with Crippen LogP contribution in [-0.2, 0) is 11.1 Å². The van der Waals surface area contributed by atoms with Crippen LogP contribution < -0.4 is 11.5 Å². The first-order chi connectivity index (χ1) is 3.13. The van der Waals surface area contributed by atoms with Crippen LogP contribution in [0.25, 0.3) is 0 Å². The van der Waals surface area contributed by atoms with Crippen molar-refractivity contribution in [1.82, 2.24) is 0 Å². The topological polar surface area (TPSA) is 89.3 Å². The third-order valence-corrected chi connectivity index (χ3v) is 0.711. The highest BCUT2D eigenvalue weighted by Gasteiger charge is 1.81. The Balaban J connectivity index is 3.68. The van der Waals surface area contributed by atoms with Gasteiger partial charge in [-0.15, -0.1) is 0 Å². The van der Waals surface area contributed by atoms with Crippen LogP contribution in [0.2, 0.25) is 0 Å².